The van der Waals surface area contributed by atoms with E-state index in [0.717, 1.165) is 5.56 Å². The molecule has 1 amide bonds. The molecule has 2 aromatic rings. The van der Waals surface area contributed by atoms with Gasteiger partial charge in [-0.25, -0.2) is 14.6 Å². The van der Waals surface area contributed by atoms with Crippen molar-refractivity contribution in [3.05, 3.63) is 39.8 Å². The van der Waals surface area contributed by atoms with Gasteiger partial charge >= 0.3 is 12.1 Å². The first-order chi connectivity index (χ1) is 13.6. The molecule has 0 bridgehead atoms. The number of nitrogens with zero attached hydrogens (tertiary/aromatic N) is 3. The molecule has 3 heterocycles. The van der Waals surface area contributed by atoms with Crippen LogP contribution in [0.1, 0.15) is 49.5 Å². The normalized spacial score (nSPS) is 15.4. The largest absolute Gasteiger partial charge is 0.477 e. The van der Waals surface area contributed by atoms with Crippen molar-refractivity contribution in [2.45, 2.75) is 52.2 Å². The summed E-state index contributed by atoms with van der Waals surface area (Å²) in [6.45, 7) is 8.21. The molecule has 0 atom stereocenters. The van der Waals surface area contributed by atoms with Crippen molar-refractivity contribution in [1.29, 1.82) is 0 Å². The number of aromatic nitrogens is 2. The van der Waals surface area contributed by atoms with Crippen LogP contribution >= 0.6 is 0 Å². The number of carbonyl (C=O) groups excluding carboxylic acids is 1. The van der Waals surface area contributed by atoms with E-state index in [1.165, 1.54) is 10.6 Å². The Morgan fingerprint density at radius 1 is 1.28 bits per heavy atom. The summed E-state index contributed by atoms with van der Waals surface area (Å²) < 4.78 is 6.64. The summed E-state index contributed by atoms with van der Waals surface area (Å²) in [4.78, 5) is 42.7. The number of carbonyl (C=O) groups is 2. The second kappa shape index (κ2) is 7.73. The van der Waals surface area contributed by atoms with Gasteiger partial charge in [0.2, 0.25) is 0 Å². The molecule has 1 aliphatic rings. The molecule has 1 saturated heterocycles. The molecule has 156 valence electrons. The van der Waals surface area contributed by atoms with Gasteiger partial charge in [-0.1, -0.05) is 6.07 Å². The fourth-order valence-electron chi connectivity index (χ4n) is 3.32. The van der Waals surface area contributed by atoms with Crippen LogP contribution in [0.25, 0.3) is 5.65 Å². The van der Waals surface area contributed by atoms with Crippen LogP contribution < -0.4 is 10.9 Å². The van der Waals surface area contributed by atoms with Crippen molar-refractivity contribution in [3.63, 3.8) is 0 Å². The number of hydrogen-bond donors (Lipinski definition) is 2. The van der Waals surface area contributed by atoms with E-state index in [9.17, 15) is 19.5 Å². The predicted octanol–water partition coefficient (Wildman–Crippen LogP) is 2.51. The third kappa shape index (κ3) is 4.49. The lowest BCUT2D eigenvalue weighted by molar-refractivity contribution is 0.0210. The summed E-state index contributed by atoms with van der Waals surface area (Å²) in [6.07, 6.45) is 2.33. The molecule has 29 heavy (non-hydrogen) atoms. The minimum atomic E-state index is -1.33. The van der Waals surface area contributed by atoms with Crippen LogP contribution in [0.5, 0.6) is 0 Å². The predicted molar refractivity (Wildman–Crippen MR) is 108 cm³/mol. The van der Waals surface area contributed by atoms with Gasteiger partial charge in [0.05, 0.1) is 0 Å². The van der Waals surface area contributed by atoms with Gasteiger partial charge < -0.3 is 20.1 Å². The fourth-order valence-corrected chi connectivity index (χ4v) is 3.32. The molecule has 0 radical (unpaired) electrons. The maximum atomic E-state index is 12.7. The number of carboxylic acid groups (broad SMARTS) is 1. The van der Waals surface area contributed by atoms with Gasteiger partial charge in [0.15, 0.2) is 5.56 Å². The number of nitrogens with one attached hydrogen (secondary N) is 1. The molecule has 0 aliphatic carbocycles. The number of rotatable bonds is 3. The molecular weight excluding hydrogens is 376 g/mol. The number of likely N-dealkylation sites (tertiary alicyclic amines) is 1. The van der Waals surface area contributed by atoms with Gasteiger partial charge in [0.25, 0.3) is 5.56 Å². The molecule has 2 aromatic heterocycles. The lowest BCUT2D eigenvalue weighted by Gasteiger charge is -2.34. The molecule has 3 rings (SSSR count). The van der Waals surface area contributed by atoms with Crippen molar-refractivity contribution in [2.24, 2.45) is 0 Å². The first-order valence-corrected chi connectivity index (χ1v) is 9.56. The van der Waals surface area contributed by atoms with E-state index in [1.54, 1.807) is 11.0 Å². The summed E-state index contributed by atoms with van der Waals surface area (Å²) in [5.41, 5.74) is -0.388. The Labute approximate surface area is 168 Å². The number of pyridine rings is 1. The SMILES string of the molecule is Cc1cccn2c(=O)c(C(=O)O)c(NC3CCN(C(=O)OC(C)(C)C)CC3)nc12. The fraction of sp³-hybridized carbons (Fsp3) is 0.500. The number of amides is 1. The minimum Gasteiger partial charge on any atom is -0.477 e. The van der Waals surface area contributed by atoms with Gasteiger partial charge in [0.1, 0.15) is 17.1 Å². The van der Waals surface area contributed by atoms with Gasteiger partial charge in [-0.05, 0) is 52.2 Å². The molecule has 1 aliphatic heterocycles. The number of hydrogen-bond acceptors (Lipinski definition) is 6. The van der Waals surface area contributed by atoms with E-state index in [0.29, 0.717) is 31.6 Å². The Bertz CT molecular complexity index is 1000. The van der Waals surface area contributed by atoms with Crippen molar-refractivity contribution < 1.29 is 19.4 Å². The Morgan fingerprint density at radius 3 is 2.52 bits per heavy atom. The molecule has 0 spiro atoms. The number of aryl methyl sites for hydroxylation is 1. The third-order valence-corrected chi connectivity index (χ3v) is 4.75. The average molecular weight is 402 g/mol. The van der Waals surface area contributed by atoms with Crippen LogP contribution in [0.4, 0.5) is 10.6 Å². The second-order valence-electron chi connectivity index (χ2n) is 8.22. The Balaban J connectivity index is 1.80. The Kier molecular flexibility index (Phi) is 5.50. The quantitative estimate of drug-likeness (QED) is 0.811. The first-order valence-electron chi connectivity index (χ1n) is 9.56. The van der Waals surface area contributed by atoms with Crippen LogP contribution in [0.2, 0.25) is 0 Å². The third-order valence-electron chi connectivity index (χ3n) is 4.75. The summed E-state index contributed by atoms with van der Waals surface area (Å²) in [7, 11) is 0. The number of fused-ring (bicyclic) bond motifs is 1. The standard InChI is InChI=1S/C20H26N4O5/c1-12-6-5-9-24-16(12)22-15(14(17(24)25)18(26)27)21-13-7-10-23(11-8-13)19(28)29-20(2,3)4/h5-6,9,13,21H,7-8,10-11H2,1-4H3,(H,26,27). The van der Waals surface area contributed by atoms with Crippen molar-refractivity contribution in [2.75, 3.05) is 18.4 Å². The maximum absolute atomic E-state index is 12.7. The molecular formula is C20H26N4O5. The monoisotopic (exact) mass is 402 g/mol. The van der Waals surface area contributed by atoms with Crippen molar-refractivity contribution in [1.82, 2.24) is 14.3 Å². The molecule has 0 aromatic carbocycles. The second-order valence-corrected chi connectivity index (χ2v) is 8.22. The van der Waals surface area contributed by atoms with Gasteiger partial charge in [0, 0.05) is 25.3 Å². The van der Waals surface area contributed by atoms with Gasteiger partial charge in [-0.15, -0.1) is 0 Å². The van der Waals surface area contributed by atoms with Crippen molar-refractivity contribution in [3.8, 4) is 0 Å². The number of anilines is 1. The topological polar surface area (TPSA) is 113 Å². The van der Waals surface area contributed by atoms with Crippen molar-refractivity contribution >= 4 is 23.5 Å². The summed E-state index contributed by atoms with van der Waals surface area (Å²) in [5, 5.41) is 12.7. The van der Waals surface area contributed by atoms with Gasteiger partial charge in [-0.3, -0.25) is 9.20 Å². The molecule has 9 nitrogen and oxygen atoms in total. The first kappa shape index (κ1) is 20.6. The lowest BCUT2D eigenvalue weighted by atomic mass is 10.1. The number of piperidine rings is 1. The summed E-state index contributed by atoms with van der Waals surface area (Å²) in [6, 6.07) is 3.38. The molecule has 0 saturated carbocycles. The van der Waals surface area contributed by atoms with Crippen LogP contribution in [-0.2, 0) is 4.74 Å². The van der Waals surface area contributed by atoms with Crippen LogP contribution in [0.3, 0.4) is 0 Å². The zero-order valence-electron chi connectivity index (χ0n) is 17.1. The lowest BCUT2D eigenvalue weighted by Crippen LogP contribution is -2.45. The van der Waals surface area contributed by atoms with E-state index < -0.39 is 17.1 Å². The zero-order valence-corrected chi connectivity index (χ0v) is 17.1. The molecule has 1 fully saturated rings. The number of carboxylic acids is 1. The average Bonchev–Trinajstić information content (AvgIpc) is 2.61. The summed E-state index contributed by atoms with van der Waals surface area (Å²) >= 11 is 0. The number of aromatic carboxylic acids is 1. The Morgan fingerprint density at radius 2 is 1.93 bits per heavy atom. The van der Waals surface area contributed by atoms with E-state index in [-0.39, 0.29) is 23.5 Å². The minimum absolute atomic E-state index is 0.0625. The molecule has 9 heteroatoms. The maximum Gasteiger partial charge on any atom is 0.410 e. The molecule has 2 N–H and O–H groups in total. The van der Waals surface area contributed by atoms with E-state index in [4.69, 9.17) is 4.74 Å². The van der Waals surface area contributed by atoms with E-state index in [2.05, 4.69) is 10.3 Å². The highest BCUT2D eigenvalue weighted by molar-refractivity contribution is 5.93. The highest BCUT2D eigenvalue weighted by Gasteiger charge is 2.28. The smallest absolute Gasteiger partial charge is 0.410 e. The van der Waals surface area contributed by atoms with Crippen LogP contribution in [0.15, 0.2) is 23.1 Å². The van der Waals surface area contributed by atoms with E-state index >= 15 is 0 Å². The van der Waals surface area contributed by atoms with Crippen LogP contribution in [0, 0.1) is 6.92 Å². The van der Waals surface area contributed by atoms with E-state index in [1.807, 2.05) is 33.8 Å². The highest BCUT2D eigenvalue weighted by Crippen LogP contribution is 2.20. The number of ether oxygens (including phenoxy) is 1. The summed E-state index contributed by atoms with van der Waals surface area (Å²) in [5.74, 6) is -1.26. The van der Waals surface area contributed by atoms with Gasteiger partial charge in [-0.2, -0.15) is 0 Å². The van der Waals surface area contributed by atoms with Crippen LogP contribution in [-0.4, -0.2) is 56.2 Å². The Hall–Kier alpha value is -3.10. The molecule has 0 unspecified atom stereocenters. The zero-order chi connectivity index (χ0) is 21.3. The highest BCUT2D eigenvalue weighted by atomic mass is 16.6.